The van der Waals surface area contributed by atoms with E-state index in [9.17, 15) is 4.79 Å². The van der Waals surface area contributed by atoms with Gasteiger partial charge in [0.2, 0.25) is 6.79 Å². The van der Waals surface area contributed by atoms with Crippen LogP contribution < -0.4 is 20.1 Å². The second kappa shape index (κ2) is 4.47. The Morgan fingerprint density at radius 3 is 3.00 bits per heavy atom. The summed E-state index contributed by atoms with van der Waals surface area (Å²) in [7, 11) is 0. The number of hydrogen-bond acceptors (Lipinski definition) is 5. The van der Waals surface area contributed by atoms with Crippen molar-refractivity contribution in [2.45, 2.75) is 6.10 Å². The molecule has 96 valence electrons. The van der Waals surface area contributed by atoms with E-state index in [-0.39, 0.29) is 19.2 Å². The molecule has 6 nitrogen and oxygen atoms in total. The fraction of sp³-hybridized carbons (Fsp3) is 0.417. The van der Waals surface area contributed by atoms with Gasteiger partial charge in [0.05, 0.1) is 6.61 Å². The highest BCUT2D eigenvalue weighted by atomic mass is 16.7. The van der Waals surface area contributed by atoms with E-state index in [4.69, 9.17) is 19.9 Å². The number of benzene rings is 1. The lowest BCUT2D eigenvalue weighted by molar-refractivity contribution is -0.133. The minimum atomic E-state index is -0.552. The highest BCUT2D eigenvalue weighted by Crippen LogP contribution is 2.35. The molecule has 0 aromatic heterocycles. The minimum Gasteiger partial charge on any atom is -0.454 e. The lowest BCUT2D eigenvalue weighted by Gasteiger charge is -2.31. The van der Waals surface area contributed by atoms with Gasteiger partial charge in [0.25, 0.3) is 5.91 Å². The van der Waals surface area contributed by atoms with Gasteiger partial charge in [0, 0.05) is 24.8 Å². The number of anilines is 1. The van der Waals surface area contributed by atoms with E-state index in [1.54, 1.807) is 17.0 Å². The molecule has 2 aliphatic heterocycles. The third kappa shape index (κ3) is 1.79. The van der Waals surface area contributed by atoms with Gasteiger partial charge in [-0.1, -0.05) is 0 Å². The summed E-state index contributed by atoms with van der Waals surface area (Å²) in [5, 5.41) is 0. The van der Waals surface area contributed by atoms with Gasteiger partial charge >= 0.3 is 0 Å². The molecule has 0 radical (unpaired) electrons. The van der Waals surface area contributed by atoms with Gasteiger partial charge in [-0.3, -0.25) is 4.79 Å². The molecule has 0 bridgehead atoms. The van der Waals surface area contributed by atoms with Crippen molar-refractivity contribution in [3.63, 3.8) is 0 Å². The number of rotatable bonds is 2. The Morgan fingerprint density at radius 2 is 2.17 bits per heavy atom. The van der Waals surface area contributed by atoms with Gasteiger partial charge in [0.15, 0.2) is 11.5 Å². The molecule has 0 saturated carbocycles. The molecule has 2 heterocycles. The molecule has 6 heteroatoms. The number of carbonyl (C=O) groups excluding carboxylic acids is 1. The van der Waals surface area contributed by atoms with Crippen molar-refractivity contribution in [2.75, 3.05) is 31.4 Å². The molecule has 1 saturated heterocycles. The van der Waals surface area contributed by atoms with Gasteiger partial charge < -0.3 is 24.8 Å². The van der Waals surface area contributed by atoms with Crippen molar-refractivity contribution in [3.05, 3.63) is 18.2 Å². The van der Waals surface area contributed by atoms with E-state index in [1.807, 2.05) is 6.07 Å². The normalized spacial score (nSPS) is 22.4. The van der Waals surface area contributed by atoms with Crippen molar-refractivity contribution in [2.24, 2.45) is 5.73 Å². The fourth-order valence-corrected chi connectivity index (χ4v) is 2.12. The van der Waals surface area contributed by atoms with Gasteiger partial charge in [-0.2, -0.15) is 0 Å². The summed E-state index contributed by atoms with van der Waals surface area (Å²) in [6.07, 6.45) is -0.552. The second-order valence-electron chi connectivity index (χ2n) is 4.12. The molecule has 2 N–H and O–H groups in total. The number of ether oxygens (including phenoxy) is 3. The SMILES string of the molecule is NCC1OCCN(c2ccc3c(c2)OCO3)C1=O. The maximum Gasteiger partial charge on any atom is 0.257 e. The van der Waals surface area contributed by atoms with Crippen LogP contribution in [0.5, 0.6) is 11.5 Å². The highest BCUT2D eigenvalue weighted by molar-refractivity contribution is 5.97. The number of morpholine rings is 1. The van der Waals surface area contributed by atoms with Crippen molar-refractivity contribution < 1.29 is 19.0 Å². The average Bonchev–Trinajstić information content (AvgIpc) is 2.86. The summed E-state index contributed by atoms with van der Waals surface area (Å²) < 4.78 is 15.9. The standard InChI is InChI=1S/C12H14N2O4/c13-6-11-12(15)14(3-4-16-11)8-1-2-9-10(5-8)18-7-17-9/h1-2,5,11H,3-4,6-7,13H2. The molecule has 1 unspecified atom stereocenters. The first-order valence-corrected chi connectivity index (χ1v) is 5.82. The van der Waals surface area contributed by atoms with Gasteiger partial charge in [-0.25, -0.2) is 0 Å². The Bertz CT molecular complexity index is 477. The fourth-order valence-electron chi connectivity index (χ4n) is 2.12. The number of hydrogen-bond donors (Lipinski definition) is 1. The van der Waals surface area contributed by atoms with Crippen LogP contribution in [0.2, 0.25) is 0 Å². The predicted molar refractivity (Wildman–Crippen MR) is 63.7 cm³/mol. The van der Waals surface area contributed by atoms with Crippen LogP contribution in [-0.2, 0) is 9.53 Å². The van der Waals surface area contributed by atoms with Crippen molar-refractivity contribution >= 4 is 11.6 Å². The molecule has 1 atom stereocenters. The Hall–Kier alpha value is -1.79. The van der Waals surface area contributed by atoms with Crippen LogP contribution in [0.3, 0.4) is 0 Å². The summed E-state index contributed by atoms with van der Waals surface area (Å²) >= 11 is 0. The molecule has 1 fully saturated rings. The summed E-state index contributed by atoms with van der Waals surface area (Å²) in [5.74, 6) is 1.26. The summed E-state index contributed by atoms with van der Waals surface area (Å²) in [4.78, 5) is 13.8. The third-order valence-electron chi connectivity index (χ3n) is 3.06. The van der Waals surface area contributed by atoms with Crippen LogP contribution in [0, 0.1) is 0 Å². The second-order valence-corrected chi connectivity index (χ2v) is 4.12. The topological polar surface area (TPSA) is 74.0 Å². The lowest BCUT2D eigenvalue weighted by atomic mass is 10.2. The molecule has 3 rings (SSSR count). The van der Waals surface area contributed by atoms with Crippen molar-refractivity contribution in [1.29, 1.82) is 0 Å². The van der Waals surface area contributed by atoms with Crippen LogP contribution >= 0.6 is 0 Å². The Morgan fingerprint density at radius 1 is 1.33 bits per heavy atom. The maximum absolute atomic E-state index is 12.1. The van der Waals surface area contributed by atoms with E-state index in [0.29, 0.717) is 24.7 Å². The average molecular weight is 250 g/mol. The van der Waals surface area contributed by atoms with Crippen LogP contribution in [0.4, 0.5) is 5.69 Å². The Labute approximate surface area is 104 Å². The molecule has 1 amide bonds. The summed E-state index contributed by atoms with van der Waals surface area (Å²) in [6.45, 7) is 1.43. The van der Waals surface area contributed by atoms with Gasteiger partial charge in [-0.15, -0.1) is 0 Å². The van der Waals surface area contributed by atoms with E-state index in [0.717, 1.165) is 5.69 Å². The van der Waals surface area contributed by atoms with Crippen molar-refractivity contribution in [3.8, 4) is 11.5 Å². The first-order valence-electron chi connectivity index (χ1n) is 5.82. The smallest absolute Gasteiger partial charge is 0.257 e. The van der Waals surface area contributed by atoms with Crippen LogP contribution in [0.1, 0.15) is 0 Å². The molecule has 2 aliphatic rings. The zero-order chi connectivity index (χ0) is 12.5. The van der Waals surface area contributed by atoms with Crippen LogP contribution in [0.15, 0.2) is 18.2 Å². The number of nitrogens with zero attached hydrogens (tertiary/aromatic N) is 1. The monoisotopic (exact) mass is 250 g/mol. The zero-order valence-corrected chi connectivity index (χ0v) is 9.80. The number of fused-ring (bicyclic) bond motifs is 1. The Kier molecular flexibility index (Phi) is 2.81. The highest BCUT2D eigenvalue weighted by Gasteiger charge is 2.30. The van der Waals surface area contributed by atoms with E-state index in [2.05, 4.69) is 0 Å². The largest absolute Gasteiger partial charge is 0.454 e. The quantitative estimate of drug-likeness (QED) is 0.806. The molecule has 1 aromatic carbocycles. The minimum absolute atomic E-state index is 0.109. The molecule has 18 heavy (non-hydrogen) atoms. The summed E-state index contributed by atoms with van der Waals surface area (Å²) in [6, 6.07) is 5.45. The van der Waals surface area contributed by atoms with E-state index >= 15 is 0 Å². The van der Waals surface area contributed by atoms with Gasteiger partial charge in [0.1, 0.15) is 6.10 Å². The van der Waals surface area contributed by atoms with Crippen molar-refractivity contribution in [1.82, 2.24) is 0 Å². The van der Waals surface area contributed by atoms with Crippen LogP contribution in [-0.4, -0.2) is 38.5 Å². The molecular formula is C12H14N2O4. The molecule has 0 aliphatic carbocycles. The number of nitrogens with two attached hydrogens (primary N) is 1. The maximum atomic E-state index is 12.1. The first kappa shape index (κ1) is 11.3. The Balaban J connectivity index is 1.87. The number of amides is 1. The van der Waals surface area contributed by atoms with Crippen LogP contribution in [0.25, 0.3) is 0 Å². The van der Waals surface area contributed by atoms with E-state index < -0.39 is 6.10 Å². The number of carbonyl (C=O) groups is 1. The zero-order valence-electron chi connectivity index (χ0n) is 9.80. The molecule has 0 spiro atoms. The summed E-state index contributed by atoms with van der Waals surface area (Å²) in [5.41, 5.74) is 6.29. The lowest BCUT2D eigenvalue weighted by Crippen LogP contribution is -2.50. The first-order chi connectivity index (χ1) is 8.79. The molecule has 1 aromatic rings. The predicted octanol–water partition coefficient (Wildman–Crippen LogP) is 0.106. The molecular weight excluding hydrogens is 236 g/mol. The third-order valence-corrected chi connectivity index (χ3v) is 3.06. The van der Waals surface area contributed by atoms with Gasteiger partial charge in [-0.05, 0) is 12.1 Å². The van der Waals surface area contributed by atoms with E-state index in [1.165, 1.54) is 0 Å².